The maximum atomic E-state index is 5.18. The van der Waals surface area contributed by atoms with Gasteiger partial charge in [-0.2, -0.15) is 5.10 Å². The summed E-state index contributed by atoms with van der Waals surface area (Å²) in [4.78, 5) is 4.32. The van der Waals surface area contributed by atoms with Crippen LogP contribution >= 0.6 is 0 Å². The number of methoxy groups -OCH3 is 1. The van der Waals surface area contributed by atoms with Gasteiger partial charge in [0.05, 0.1) is 18.5 Å². The fourth-order valence-corrected chi connectivity index (χ4v) is 1.78. The minimum absolute atomic E-state index is 0.194. The number of pyridine rings is 1. The predicted molar refractivity (Wildman–Crippen MR) is 69.3 cm³/mol. The van der Waals surface area contributed by atoms with Gasteiger partial charge < -0.3 is 10.1 Å². The van der Waals surface area contributed by atoms with Gasteiger partial charge in [0.25, 0.3) is 0 Å². The van der Waals surface area contributed by atoms with E-state index in [9.17, 15) is 0 Å². The molecule has 96 valence electrons. The zero-order valence-corrected chi connectivity index (χ0v) is 10.9. The van der Waals surface area contributed by atoms with Crippen molar-refractivity contribution >= 4 is 0 Å². The van der Waals surface area contributed by atoms with Crippen molar-refractivity contribution < 1.29 is 4.74 Å². The SMILES string of the molecule is COc1cc(CNC(C)c2ccccn2)nn1C. The van der Waals surface area contributed by atoms with Crippen LogP contribution in [0.5, 0.6) is 5.88 Å². The maximum Gasteiger partial charge on any atom is 0.211 e. The molecule has 0 saturated heterocycles. The Morgan fingerprint density at radius 3 is 2.89 bits per heavy atom. The van der Waals surface area contributed by atoms with Gasteiger partial charge in [-0.3, -0.25) is 4.98 Å². The molecule has 1 unspecified atom stereocenters. The van der Waals surface area contributed by atoms with E-state index in [1.54, 1.807) is 18.0 Å². The average Bonchev–Trinajstić information content (AvgIpc) is 2.77. The number of aryl methyl sites for hydroxylation is 1. The van der Waals surface area contributed by atoms with Crippen LogP contribution in [0.3, 0.4) is 0 Å². The Kier molecular flexibility index (Phi) is 3.94. The molecule has 1 N–H and O–H groups in total. The average molecular weight is 246 g/mol. The van der Waals surface area contributed by atoms with Crippen LogP contribution in [0.4, 0.5) is 0 Å². The molecule has 1 atom stereocenters. The number of hydrogen-bond donors (Lipinski definition) is 1. The van der Waals surface area contributed by atoms with Gasteiger partial charge in [0.15, 0.2) is 0 Å². The first-order chi connectivity index (χ1) is 8.70. The molecule has 0 aliphatic carbocycles. The second-order valence-corrected chi connectivity index (χ2v) is 4.16. The predicted octanol–water partition coefficient (Wildman–Crippen LogP) is 1.67. The smallest absolute Gasteiger partial charge is 0.211 e. The summed E-state index contributed by atoms with van der Waals surface area (Å²) in [6.07, 6.45) is 1.80. The summed E-state index contributed by atoms with van der Waals surface area (Å²) in [5.74, 6) is 0.761. The van der Waals surface area contributed by atoms with Crippen LogP contribution in [0, 0.1) is 0 Å². The summed E-state index contributed by atoms with van der Waals surface area (Å²) in [5, 5.41) is 7.74. The molecule has 2 aromatic rings. The Labute approximate surface area is 107 Å². The third-order valence-corrected chi connectivity index (χ3v) is 2.82. The van der Waals surface area contributed by atoms with Gasteiger partial charge in [-0.15, -0.1) is 0 Å². The molecule has 5 heteroatoms. The summed E-state index contributed by atoms with van der Waals surface area (Å²) in [6, 6.07) is 8.04. The van der Waals surface area contributed by atoms with Crippen molar-refractivity contribution in [3.05, 3.63) is 41.9 Å². The van der Waals surface area contributed by atoms with Crippen LogP contribution in [0.25, 0.3) is 0 Å². The largest absolute Gasteiger partial charge is 0.481 e. The molecule has 0 amide bonds. The molecular formula is C13H18N4O. The zero-order valence-electron chi connectivity index (χ0n) is 10.9. The van der Waals surface area contributed by atoms with Crippen molar-refractivity contribution in [1.82, 2.24) is 20.1 Å². The lowest BCUT2D eigenvalue weighted by molar-refractivity contribution is 0.373. The number of nitrogens with one attached hydrogen (secondary N) is 1. The van der Waals surface area contributed by atoms with Gasteiger partial charge in [0.2, 0.25) is 5.88 Å². The minimum Gasteiger partial charge on any atom is -0.481 e. The quantitative estimate of drug-likeness (QED) is 0.872. The highest BCUT2D eigenvalue weighted by Crippen LogP contribution is 2.13. The van der Waals surface area contributed by atoms with Crippen molar-refractivity contribution in [2.24, 2.45) is 7.05 Å². The van der Waals surface area contributed by atoms with E-state index >= 15 is 0 Å². The van der Waals surface area contributed by atoms with Gasteiger partial charge in [-0.1, -0.05) is 6.07 Å². The van der Waals surface area contributed by atoms with E-state index in [2.05, 4.69) is 22.3 Å². The molecular weight excluding hydrogens is 228 g/mol. The summed E-state index contributed by atoms with van der Waals surface area (Å²) >= 11 is 0. The van der Waals surface area contributed by atoms with E-state index in [0.717, 1.165) is 17.3 Å². The fourth-order valence-electron chi connectivity index (χ4n) is 1.78. The van der Waals surface area contributed by atoms with Gasteiger partial charge in [0, 0.05) is 31.9 Å². The molecule has 0 aromatic carbocycles. The molecule has 18 heavy (non-hydrogen) atoms. The first-order valence-electron chi connectivity index (χ1n) is 5.92. The van der Waals surface area contributed by atoms with Crippen LogP contribution in [-0.4, -0.2) is 21.9 Å². The Morgan fingerprint density at radius 1 is 1.44 bits per heavy atom. The Morgan fingerprint density at radius 2 is 2.28 bits per heavy atom. The van der Waals surface area contributed by atoms with Crippen LogP contribution in [0.2, 0.25) is 0 Å². The van der Waals surface area contributed by atoms with E-state index < -0.39 is 0 Å². The van der Waals surface area contributed by atoms with Gasteiger partial charge >= 0.3 is 0 Å². The maximum absolute atomic E-state index is 5.18. The molecule has 5 nitrogen and oxygen atoms in total. The molecule has 0 bridgehead atoms. The Hall–Kier alpha value is -1.88. The second-order valence-electron chi connectivity index (χ2n) is 4.16. The molecule has 0 saturated carbocycles. The topological polar surface area (TPSA) is 52.0 Å². The van der Waals surface area contributed by atoms with Crippen molar-refractivity contribution in [3.8, 4) is 5.88 Å². The highest BCUT2D eigenvalue weighted by atomic mass is 16.5. The standard InChI is InChI=1S/C13H18N4O/c1-10(12-6-4-5-7-14-12)15-9-11-8-13(18-3)17(2)16-11/h4-8,10,15H,9H2,1-3H3. The molecule has 0 aliphatic heterocycles. The molecule has 2 aromatic heterocycles. The number of ether oxygens (including phenoxy) is 1. The Bertz CT molecular complexity index is 495. The van der Waals surface area contributed by atoms with Crippen LogP contribution in [0.1, 0.15) is 24.4 Å². The molecule has 0 fully saturated rings. The number of aromatic nitrogens is 3. The highest BCUT2D eigenvalue weighted by molar-refractivity contribution is 5.16. The van der Waals surface area contributed by atoms with Crippen LogP contribution in [0.15, 0.2) is 30.5 Å². The fraction of sp³-hybridized carbons (Fsp3) is 0.385. The lowest BCUT2D eigenvalue weighted by Crippen LogP contribution is -2.19. The zero-order chi connectivity index (χ0) is 13.0. The first-order valence-corrected chi connectivity index (χ1v) is 5.92. The molecule has 0 radical (unpaired) electrons. The van der Waals surface area contributed by atoms with Crippen molar-refractivity contribution in [2.75, 3.05) is 7.11 Å². The molecule has 2 rings (SSSR count). The normalized spacial score (nSPS) is 12.4. The van der Waals surface area contributed by atoms with Crippen LogP contribution < -0.4 is 10.1 Å². The minimum atomic E-state index is 0.194. The number of hydrogen-bond acceptors (Lipinski definition) is 4. The van der Waals surface area contributed by atoms with Crippen molar-refractivity contribution in [2.45, 2.75) is 19.5 Å². The number of rotatable bonds is 5. The van der Waals surface area contributed by atoms with Crippen molar-refractivity contribution in [1.29, 1.82) is 0 Å². The third kappa shape index (κ3) is 2.87. The highest BCUT2D eigenvalue weighted by Gasteiger charge is 2.08. The monoisotopic (exact) mass is 246 g/mol. The third-order valence-electron chi connectivity index (χ3n) is 2.82. The summed E-state index contributed by atoms with van der Waals surface area (Å²) in [7, 11) is 3.51. The lowest BCUT2D eigenvalue weighted by atomic mass is 10.2. The summed E-state index contributed by atoms with van der Waals surface area (Å²) in [6.45, 7) is 2.78. The van der Waals surface area contributed by atoms with E-state index in [0.29, 0.717) is 6.54 Å². The van der Waals surface area contributed by atoms with Gasteiger partial charge in [0.1, 0.15) is 0 Å². The second kappa shape index (κ2) is 5.64. The summed E-state index contributed by atoms with van der Waals surface area (Å²) < 4.78 is 6.90. The Balaban J connectivity index is 1.95. The van der Waals surface area contributed by atoms with E-state index in [1.807, 2.05) is 31.3 Å². The van der Waals surface area contributed by atoms with E-state index in [1.165, 1.54) is 0 Å². The lowest BCUT2D eigenvalue weighted by Gasteiger charge is -2.11. The van der Waals surface area contributed by atoms with Gasteiger partial charge in [-0.05, 0) is 19.1 Å². The molecule has 2 heterocycles. The first kappa shape index (κ1) is 12.6. The molecule has 0 aliphatic rings. The van der Waals surface area contributed by atoms with Crippen LogP contribution in [-0.2, 0) is 13.6 Å². The van der Waals surface area contributed by atoms with Crippen molar-refractivity contribution in [3.63, 3.8) is 0 Å². The molecule has 0 spiro atoms. The summed E-state index contributed by atoms with van der Waals surface area (Å²) in [5.41, 5.74) is 1.98. The van der Waals surface area contributed by atoms with E-state index in [-0.39, 0.29) is 6.04 Å². The van der Waals surface area contributed by atoms with Gasteiger partial charge in [-0.25, -0.2) is 4.68 Å². The number of nitrogens with zero attached hydrogens (tertiary/aromatic N) is 3. The van der Waals surface area contributed by atoms with E-state index in [4.69, 9.17) is 4.74 Å².